The number of thiophene rings is 1. The maximum Gasteiger partial charge on any atom is 0.396 e. The molecular formula is C16H6ClNO6S2. The van der Waals surface area contributed by atoms with E-state index in [1.165, 1.54) is 36.4 Å². The summed E-state index contributed by atoms with van der Waals surface area (Å²) in [5.41, 5.74) is 0.322. The Kier molecular flexibility index (Phi) is 3.98. The van der Waals surface area contributed by atoms with Gasteiger partial charge in [-0.15, -0.1) is 11.3 Å². The van der Waals surface area contributed by atoms with Crippen molar-refractivity contribution in [2.24, 2.45) is 0 Å². The molecule has 0 atom stereocenters. The number of halogens is 1. The summed E-state index contributed by atoms with van der Waals surface area (Å²) in [6.07, 6.45) is 0. The predicted octanol–water partition coefficient (Wildman–Crippen LogP) is 4.85. The Balaban J connectivity index is 1.69. The summed E-state index contributed by atoms with van der Waals surface area (Å²) < 4.78 is 11.3. The van der Waals surface area contributed by atoms with Crippen molar-refractivity contribution in [3.8, 4) is 5.75 Å². The molecule has 0 bridgehead atoms. The molecule has 0 spiro atoms. The molecule has 0 fully saturated rings. The van der Waals surface area contributed by atoms with Crippen molar-refractivity contribution in [3.05, 3.63) is 66.1 Å². The highest BCUT2D eigenvalue weighted by molar-refractivity contribution is 7.21. The van der Waals surface area contributed by atoms with Gasteiger partial charge in [0.1, 0.15) is 16.2 Å². The van der Waals surface area contributed by atoms with Crippen LogP contribution in [0.4, 0.5) is 5.69 Å². The predicted molar refractivity (Wildman–Crippen MR) is 98.8 cm³/mol. The molecule has 10 heteroatoms. The molecule has 0 radical (unpaired) electrons. The van der Waals surface area contributed by atoms with Crippen LogP contribution in [0.3, 0.4) is 0 Å². The molecule has 4 rings (SSSR count). The van der Waals surface area contributed by atoms with E-state index in [9.17, 15) is 19.7 Å². The zero-order valence-electron chi connectivity index (χ0n) is 12.6. The van der Waals surface area contributed by atoms with E-state index in [0.717, 1.165) is 22.7 Å². The molecule has 0 aliphatic rings. The molecule has 26 heavy (non-hydrogen) atoms. The second-order valence-corrected chi connectivity index (χ2v) is 7.54. The Morgan fingerprint density at radius 2 is 1.96 bits per heavy atom. The van der Waals surface area contributed by atoms with E-state index in [1.807, 2.05) is 0 Å². The molecule has 130 valence electrons. The van der Waals surface area contributed by atoms with Gasteiger partial charge in [0.2, 0.25) is 0 Å². The second-order valence-electron chi connectivity index (χ2n) is 5.13. The maximum absolute atomic E-state index is 12.5. The number of nitro groups is 1. The summed E-state index contributed by atoms with van der Waals surface area (Å²) in [5, 5.41) is 11.6. The quantitative estimate of drug-likeness (QED) is 0.208. The summed E-state index contributed by atoms with van der Waals surface area (Å²) in [4.78, 5) is 33.8. The highest BCUT2D eigenvalue weighted by atomic mass is 35.5. The largest absolute Gasteiger partial charge is 0.422 e. The minimum atomic E-state index is -0.686. The highest BCUT2D eigenvalue weighted by Gasteiger charge is 2.21. The van der Waals surface area contributed by atoms with Gasteiger partial charge in [0.25, 0.3) is 5.69 Å². The van der Waals surface area contributed by atoms with Crippen LogP contribution >= 0.6 is 34.3 Å². The van der Waals surface area contributed by atoms with Gasteiger partial charge in [-0.1, -0.05) is 22.9 Å². The van der Waals surface area contributed by atoms with Crippen LogP contribution in [0.5, 0.6) is 5.75 Å². The third kappa shape index (κ3) is 2.85. The molecule has 0 aliphatic heterocycles. The van der Waals surface area contributed by atoms with Crippen LogP contribution < -0.4 is 9.68 Å². The number of non-ortho nitro benzene ring substituents is 1. The smallest absolute Gasteiger partial charge is 0.396 e. The van der Waals surface area contributed by atoms with Gasteiger partial charge < -0.3 is 9.15 Å². The molecular weight excluding hydrogens is 402 g/mol. The monoisotopic (exact) mass is 407 g/mol. The molecule has 2 aromatic carbocycles. The Bertz CT molecular complexity index is 1250. The zero-order valence-corrected chi connectivity index (χ0v) is 14.9. The van der Waals surface area contributed by atoms with Gasteiger partial charge in [-0.25, -0.2) is 9.59 Å². The van der Waals surface area contributed by atoms with Gasteiger partial charge in [-0.3, -0.25) is 10.1 Å². The number of rotatable bonds is 3. The lowest BCUT2D eigenvalue weighted by Crippen LogP contribution is -2.06. The van der Waals surface area contributed by atoms with Crippen LogP contribution in [-0.2, 0) is 0 Å². The summed E-state index contributed by atoms with van der Waals surface area (Å²) in [6.45, 7) is 0. The molecule has 0 unspecified atom stereocenters. The number of ether oxygens (including phenoxy) is 1. The number of hydrogen-bond acceptors (Lipinski definition) is 8. The number of nitro benzene ring substituents is 1. The molecule has 0 N–H and O–H groups in total. The summed E-state index contributed by atoms with van der Waals surface area (Å²) in [5.74, 6) is -0.451. The number of fused-ring (bicyclic) bond motifs is 2. The lowest BCUT2D eigenvalue weighted by molar-refractivity contribution is -0.384. The average Bonchev–Trinajstić information content (AvgIpc) is 3.13. The van der Waals surface area contributed by atoms with E-state index >= 15 is 0 Å². The Hall–Kier alpha value is -2.75. The first kappa shape index (κ1) is 16.7. The number of benzene rings is 2. The molecule has 2 aromatic heterocycles. The van der Waals surface area contributed by atoms with E-state index in [2.05, 4.69) is 0 Å². The van der Waals surface area contributed by atoms with Crippen LogP contribution in [0.15, 0.2) is 45.6 Å². The standard InChI is InChI=1S/C16H6ClNO6S2/c17-13-9-3-1-7(18(21)22)5-11(9)25-14(13)15(19)23-8-2-4-10-12(6-8)26-16(20)24-10/h1-6H. The number of hydrogen-bond donors (Lipinski definition) is 0. The first-order chi connectivity index (χ1) is 12.4. The number of carbonyl (C=O) groups is 1. The first-order valence-electron chi connectivity index (χ1n) is 7.05. The van der Waals surface area contributed by atoms with E-state index < -0.39 is 15.8 Å². The minimum Gasteiger partial charge on any atom is -0.422 e. The van der Waals surface area contributed by atoms with Gasteiger partial charge in [0.05, 0.1) is 14.6 Å². The van der Waals surface area contributed by atoms with E-state index in [4.69, 9.17) is 20.8 Å². The fraction of sp³-hybridized carbons (Fsp3) is 0. The summed E-state index contributed by atoms with van der Waals surface area (Å²) in [7, 11) is 0. The van der Waals surface area contributed by atoms with Gasteiger partial charge in [0, 0.05) is 28.3 Å². The van der Waals surface area contributed by atoms with E-state index in [-0.39, 0.29) is 21.3 Å². The molecule has 0 saturated carbocycles. The van der Waals surface area contributed by atoms with Crippen molar-refractivity contribution < 1.29 is 18.9 Å². The topological polar surface area (TPSA) is 99.7 Å². The van der Waals surface area contributed by atoms with Crippen molar-refractivity contribution in [3.63, 3.8) is 0 Å². The third-order valence-electron chi connectivity index (χ3n) is 3.52. The van der Waals surface area contributed by atoms with Crippen molar-refractivity contribution in [2.45, 2.75) is 0 Å². The average molecular weight is 408 g/mol. The molecule has 4 aromatic rings. The van der Waals surface area contributed by atoms with Crippen LogP contribution in [0, 0.1) is 10.1 Å². The van der Waals surface area contributed by atoms with Crippen molar-refractivity contribution in [1.82, 2.24) is 0 Å². The van der Waals surface area contributed by atoms with Crippen molar-refractivity contribution in [1.29, 1.82) is 0 Å². The molecule has 7 nitrogen and oxygen atoms in total. The Morgan fingerprint density at radius 1 is 1.15 bits per heavy atom. The molecule has 0 aliphatic carbocycles. The summed E-state index contributed by atoms with van der Waals surface area (Å²) in [6, 6.07) is 8.74. The lowest BCUT2D eigenvalue weighted by Gasteiger charge is -2.02. The summed E-state index contributed by atoms with van der Waals surface area (Å²) >= 11 is 8.15. The Labute approximate surface area is 157 Å². The van der Waals surface area contributed by atoms with Gasteiger partial charge in [0.15, 0.2) is 0 Å². The number of nitrogens with zero attached hydrogens (tertiary/aromatic N) is 1. The second kappa shape index (κ2) is 6.20. The van der Waals surface area contributed by atoms with Crippen LogP contribution in [-0.4, -0.2) is 10.9 Å². The third-order valence-corrected chi connectivity index (χ3v) is 5.95. The van der Waals surface area contributed by atoms with Crippen molar-refractivity contribution in [2.75, 3.05) is 0 Å². The fourth-order valence-electron chi connectivity index (χ4n) is 2.37. The van der Waals surface area contributed by atoms with E-state index in [1.54, 1.807) is 0 Å². The van der Waals surface area contributed by atoms with Gasteiger partial charge in [-0.05, 0) is 18.2 Å². The highest BCUT2D eigenvalue weighted by Crippen LogP contribution is 2.38. The normalized spacial score (nSPS) is 11.1. The SMILES string of the molecule is O=C(Oc1ccc2oc(=O)sc2c1)c1sc2cc([N+](=O)[O-])ccc2c1Cl. The van der Waals surface area contributed by atoms with Gasteiger partial charge >= 0.3 is 10.9 Å². The fourth-order valence-corrected chi connectivity index (χ4v) is 4.48. The maximum atomic E-state index is 12.5. The minimum absolute atomic E-state index is 0.0874. The molecule has 0 amide bonds. The lowest BCUT2D eigenvalue weighted by atomic mass is 10.2. The molecule has 0 saturated heterocycles. The number of esters is 1. The zero-order chi connectivity index (χ0) is 18.4. The number of carbonyl (C=O) groups excluding carboxylic acids is 1. The van der Waals surface area contributed by atoms with Gasteiger partial charge in [-0.2, -0.15) is 0 Å². The van der Waals surface area contributed by atoms with Crippen LogP contribution in [0.1, 0.15) is 9.67 Å². The Morgan fingerprint density at radius 3 is 2.73 bits per heavy atom. The first-order valence-corrected chi connectivity index (χ1v) is 9.06. The van der Waals surface area contributed by atoms with Crippen LogP contribution in [0.25, 0.3) is 20.4 Å². The van der Waals surface area contributed by atoms with Crippen molar-refractivity contribution >= 4 is 66.3 Å². The van der Waals surface area contributed by atoms with Crippen LogP contribution in [0.2, 0.25) is 5.02 Å². The molecule has 2 heterocycles. The van der Waals surface area contributed by atoms with E-state index in [0.29, 0.717) is 20.4 Å².